The third-order valence-corrected chi connectivity index (χ3v) is 4.53. The number of carbonyl (C=O) groups excluding carboxylic acids is 1. The van der Waals surface area contributed by atoms with Gasteiger partial charge in [0.05, 0.1) is 6.04 Å². The van der Waals surface area contributed by atoms with Crippen LogP contribution in [0.2, 0.25) is 0 Å². The van der Waals surface area contributed by atoms with Gasteiger partial charge in [-0.15, -0.1) is 0 Å². The van der Waals surface area contributed by atoms with Gasteiger partial charge < -0.3 is 4.90 Å². The van der Waals surface area contributed by atoms with E-state index in [4.69, 9.17) is 0 Å². The summed E-state index contributed by atoms with van der Waals surface area (Å²) in [7, 11) is 1.75. The molecule has 0 heterocycles. The van der Waals surface area contributed by atoms with E-state index in [1.54, 1.807) is 24.1 Å². The quantitative estimate of drug-likeness (QED) is 0.784. The molecule has 0 N–H and O–H groups in total. The highest BCUT2D eigenvalue weighted by atomic mass is 79.9. The summed E-state index contributed by atoms with van der Waals surface area (Å²) in [4.78, 5) is 14.2. The van der Waals surface area contributed by atoms with Gasteiger partial charge in [-0.1, -0.05) is 34.1 Å². The smallest absolute Gasteiger partial charge is 0.254 e. The Morgan fingerprint density at radius 3 is 2.38 bits per heavy atom. The molecule has 0 aliphatic heterocycles. The Morgan fingerprint density at radius 1 is 1.19 bits per heavy atom. The van der Waals surface area contributed by atoms with Gasteiger partial charge in [0, 0.05) is 17.1 Å². The number of nitrogens with zero attached hydrogens (tertiary/aromatic N) is 1. The summed E-state index contributed by atoms with van der Waals surface area (Å²) in [5.74, 6) is -0.338. The van der Waals surface area contributed by atoms with Gasteiger partial charge in [0.1, 0.15) is 5.82 Å². The predicted octanol–water partition coefficient (Wildman–Crippen LogP) is 4.73. The van der Waals surface area contributed by atoms with E-state index in [0.717, 1.165) is 15.6 Å². The number of rotatable bonds is 3. The minimum Gasteiger partial charge on any atom is -0.335 e. The number of hydrogen-bond acceptors (Lipinski definition) is 1. The molecule has 4 heteroatoms. The van der Waals surface area contributed by atoms with E-state index in [1.807, 2.05) is 32.0 Å². The molecule has 21 heavy (non-hydrogen) atoms. The van der Waals surface area contributed by atoms with E-state index in [0.29, 0.717) is 5.56 Å². The number of halogens is 2. The Bertz CT molecular complexity index is 654. The van der Waals surface area contributed by atoms with Gasteiger partial charge >= 0.3 is 0 Å². The van der Waals surface area contributed by atoms with Crippen molar-refractivity contribution in [3.05, 3.63) is 69.4 Å². The molecule has 0 bridgehead atoms. The van der Waals surface area contributed by atoms with E-state index >= 15 is 0 Å². The highest BCUT2D eigenvalue weighted by Crippen LogP contribution is 2.23. The highest BCUT2D eigenvalue weighted by Gasteiger charge is 2.19. The molecule has 0 aliphatic carbocycles. The molecule has 1 unspecified atom stereocenters. The van der Waals surface area contributed by atoms with Crippen molar-refractivity contribution in [2.45, 2.75) is 19.9 Å². The van der Waals surface area contributed by atoms with Gasteiger partial charge in [-0.05, 0) is 49.2 Å². The number of aryl methyl sites for hydroxylation is 1. The normalized spacial score (nSPS) is 12.0. The molecule has 0 aliphatic rings. The van der Waals surface area contributed by atoms with Crippen molar-refractivity contribution in [2.75, 3.05) is 7.05 Å². The summed E-state index contributed by atoms with van der Waals surface area (Å²) in [5, 5.41) is 0. The number of hydrogen-bond donors (Lipinski definition) is 0. The topological polar surface area (TPSA) is 20.3 Å². The lowest BCUT2D eigenvalue weighted by molar-refractivity contribution is 0.0742. The fourth-order valence-electron chi connectivity index (χ4n) is 2.07. The van der Waals surface area contributed by atoms with Gasteiger partial charge in [-0.3, -0.25) is 4.79 Å². The Balaban J connectivity index is 2.21. The van der Waals surface area contributed by atoms with Gasteiger partial charge in [0.15, 0.2) is 0 Å². The van der Waals surface area contributed by atoms with Crippen molar-refractivity contribution in [3.63, 3.8) is 0 Å². The molecule has 0 fully saturated rings. The third kappa shape index (κ3) is 3.50. The minimum absolute atomic E-state index is 0.0625. The van der Waals surface area contributed by atoms with Gasteiger partial charge in [-0.2, -0.15) is 0 Å². The van der Waals surface area contributed by atoms with Crippen LogP contribution in [0.4, 0.5) is 4.39 Å². The molecule has 0 saturated carbocycles. The number of amides is 1. The monoisotopic (exact) mass is 349 g/mol. The standard InChI is InChI=1S/C17H17BrFNO/c1-11-4-5-14(10-16(11)18)17(21)20(3)12(2)13-6-8-15(19)9-7-13/h4-10,12H,1-3H3. The number of benzene rings is 2. The summed E-state index contributed by atoms with van der Waals surface area (Å²) in [6.45, 7) is 3.90. The summed E-state index contributed by atoms with van der Waals surface area (Å²) in [5.41, 5.74) is 2.61. The second-order valence-corrected chi connectivity index (χ2v) is 5.96. The zero-order valence-corrected chi connectivity index (χ0v) is 13.8. The molecule has 0 saturated heterocycles. The van der Waals surface area contributed by atoms with E-state index in [1.165, 1.54) is 12.1 Å². The second-order valence-electron chi connectivity index (χ2n) is 5.11. The van der Waals surface area contributed by atoms with Crippen LogP contribution in [0.3, 0.4) is 0 Å². The van der Waals surface area contributed by atoms with Crippen molar-refractivity contribution in [1.29, 1.82) is 0 Å². The zero-order chi connectivity index (χ0) is 15.6. The molecule has 2 aromatic rings. The molecule has 2 nitrogen and oxygen atoms in total. The molecule has 1 atom stereocenters. The first-order chi connectivity index (χ1) is 9.90. The molecule has 0 spiro atoms. The Kier molecular flexibility index (Phi) is 4.78. The average molecular weight is 350 g/mol. The molecule has 1 amide bonds. The van der Waals surface area contributed by atoms with Crippen molar-refractivity contribution < 1.29 is 9.18 Å². The van der Waals surface area contributed by atoms with Crippen LogP contribution in [-0.4, -0.2) is 17.9 Å². The molecular weight excluding hydrogens is 333 g/mol. The van der Waals surface area contributed by atoms with Crippen LogP contribution >= 0.6 is 15.9 Å². The van der Waals surface area contributed by atoms with Gasteiger partial charge in [-0.25, -0.2) is 4.39 Å². The molecule has 0 radical (unpaired) electrons. The van der Waals surface area contributed by atoms with Crippen LogP contribution in [0.25, 0.3) is 0 Å². The first kappa shape index (κ1) is 15.7. The fourth-order valence-corrected chi connectivity index (χ4v) is 2.45. The zero-order valence-electron chi connectivity index (χ0n) is 12.2. The number of carbonyl (C=O) groups is 1. The van der Waals surface area contributed by atoms with Gasteiger partial charge in [0.25, 0.3) is 5.91 Å². The lowest BCUT2D eigenvalue weighted by Crippen LogP contribution is -2.29. The second kappa shape index (κ2) is 6.39. The van der Waals surface area contributed by atoms with Crippen molar-refractivity contribution in [2.24, 2.45) is 0 Å². The van der Waals surface area contributed by atoms with Crippen LogP contribution in [0.5, 0.6) is 0 Å². The third-order valence-electron chi connectivity index (χ3n) is 3.67. The maximum absolute atomic E-state index is 13.0. The van der Waals surface area contributed by atoms with E-state index in [9.17, 15) is 9.18 Å². The lowest BCUT2D eigenvalue weighted by Gasteiger charge is -2.25. The first-order valence-corrected chi connectivity index (χ1v) is 7.48. The maximum Gasteiger partial charge on any atom is 0.254 e. The van der Waals surface area contributed by atoms with Crippen molar-refractivity contribution in [3.8, 4) is 0 Å². The average Bonchev–Trinajstić information content (AvgIpc) is 2.48. The Hall–Kier alpha value is -1.68. The van der Waals surface area contributed by atoms with E-state index < -0.39 is 0 Å². The van der Waals surface area contributed by atoms with Crippen LogP contribution in [0, 0.1) is 12.7 Å². The Labute approximate surface area is 132 Å². The lowest BCUT2D eigenvalue weighted by atomic mass is 10.1. The predicted molar refractivity (Wildman–Crippen MR) is 85.8 cm³/mol. The molecule has 110 valence electrons. The molecular formula is C17H17BrFNO. The minimum atomic E-state index is -0.276. The van der Waals surface area contributed by atoms with Crippen LogP contribution < -0.4 is 0 Å². The first-order valence-electron chi connectivity index (χ1n) is 6.69. The molecule has 0 aromatic heterocycles. The largest absolute Gasteiger partial charge is 0.335 e. The van der Waals surface area contributed by atoms with Crippen molar-refractivity contribution >= 4 is 21.8 Å². The molecule has 2 rings (SSSR count). The van der Waals surface area contributed by atoms with E-state index in [2.05, 4.69) is 15.9 Å². The fraction of sp³-hybridized carbons (Fsp3) is 0.235. The van der Waals surface area contributed by atoms with Crippen molar-refractivity contribution in [1.82, 2.24) is 4.90 Å². The molecule has 2 aromatic carbocycles. The van der Waals surface area contributed by atoms with Crippen LogP contribution in [0.1, 0.15) is 34.5 Å². The Morgan fingerprint density at radius 2 is 1.81 bits per heavy atom. The summed E-state index contributed by atoms with van der Waals surface area (Å²) in [6, 6.07) is 11.6. The summed E-state index contributed by atoms with van der Waals surface area (Å²) >= 11 is 3.44. The highest BCUT2D eigenvalue weighted by molar-refractivity contribution is 9.10. The summed E-state index contributed by atoms with van der Waals surface area (Å²) in [6.07, 6.45) is 0. The van der Waals surface area contributed by atoms with Crippen LogP contribution in [0.15, 0.2) is 46.9 Å². The van der Waals surface area contributed by atoms with Gasteiger partial charge in [0.2, 0.25) is 0 Å². The summed E-state index contributed by atoms with van der Waals surface area (Å²) < 4.78 is 13.9. The maximum atomic E-state index is 13.0. The SMILES string of the molecule is Cc1ccc(C(=O)N(C)C(C)c2ccc(F)cc2)cc1Br. The van der Waals surface area contributed by atoms with Crippen LogP contribution in [-0.2, 0) is 0 Å². The van der Waals surface area contributed by atoms with E-state index in [-0.39, 0.29) is 17.8 Å².